The molecule has 0 spiro atoms. The van der Waals surface area contributed by atoms with E-state index in [1.54, 1.807) is 19.1 Å². The van der Waals surface area contributed by atoms with Crippen molar-refractivity contribution in [3.8, 4) is 0 Å². The third-order valence-electron chi connectivity index (χ3n) is 3.00. The molecule has 1 heterocycles. The molecule has 0 saturated carbocycles. The first-order chi connectivity index (χ1) is 11.5. The number of halogens is 1. The average molecular weight is 334 g/mol. The van der Waals surface area contributed by atoms with Crippen LogP contribution in [0.5, 0.6) is 0 Å². The fourth-order valence-corrected chi connectivity index (χ4v) is 1.72. The second-order valence-electron chi connectivity index (χ2n) is 4.85. The second-order valence-corrected chi connectivity index (χ2v) is 4.85. The first kappa shape index (κ1) is 17.2. The number of aryl methyl sites for hydroxylation is 1. The molecule has 0 aliphatic rings. The Hall–Kier alpha value is -3.16. The van der Waals surface area contributed by atoms with Crippen LogP contribution < -0.4 is 10.6 Å². The predicted octanol–water partition coefficient (Wildman–Crippen LogP) is 1.91. The van der Waals surface area contributed by atoms with E-state index in [1.807, 2.05) is 5.32 Å². The third kappa shape index (κ3) is 4.94. The summed E-state index contributed by atoms with van der Waals surface area (Å²) in [6.45, 7) is 0.996. The number of ether oxygens (including phenoxy) is 1. The zero-order valence-corrected chi connectivity index (χ0v) is 12.8. The number of carbonyl (C=O) groups excluding carboxylic acids is 3. The number of amides is 3. The van der Waals surface area contributed by atoms with E-state index in [0.717, 1.165) is 6.07 Å². The van der Waals surface area contributed by atoms with Gasteiger partial charge in [0.1, 0.15) is 11.6 Å². The van der Waals surface area contributed by atoms with E-state index in [0.29, 0.717) is 11.3 Å². The van der Waals surface area contributed by atoms with Crippen molar-refractivity contribution in [3.63, 3.8) is 0 Å². The molecule has 8 heteroatoms. The van der Waals surface area contributed by atoms with Crippen LogP contribution in [0.15, 0.2) is 41.0 Å². The maximum atomic E-state index is 13.4. The molecule has 1 aromatic carbocycles. The van der Waals surface area contributed by atoms with E-state index in [-0.39, 0.29) is 12.1 Å². The van der Waals surface area contributed by atoms with Crippen molar-refractivity contribution in [1.29, 1.82) is 0 Å². The van der Waals surface area contributed by atoms with Crippen LogP contribution in [0.4, 0.5) is 9.18 Å². The van der Waals surface area contributed by atoms with Gasteiger partial charge in [0, 0.05) is 0 Å². The molecular weight excluding hydrogens is 319 g/mol. The molecule has 0 saturated heterocycles. The highest BCUT2D eigenvalue weighted by Crippen LogP contribution is 2.10. The lowest BCUT2D eigenvalue weighted by molar-refractivity contribution is -0.123. The van der Waals surface area contributed by atoms with Crippen molar-refractivity contribution in [1.82, 2.24) is 10.6 Å². The maximum absolute atomic E-state index is 13.4. The van der Waals surface area contributed by atoms with Gasteiger partial charge < -0.3 is 14.5 Å². The van der Waals surface area contributed by atoms with Gasteiger partial charge in [-0.3, -0.25) is 10.1 Å². The minimum atomic E-state index is -0.861. The highest BCUT2D eigenvalue weighted by atomic mass is 19.1. The summed E-state index contributed by atoms with van der Waals surface area (Å²) in [5.41, 5.74) is 0.366. The first-order valence-electron chi connectivity index (χ1n) is 6.99. The van der Waals surface area contributed by atoms with Crippen molar-refractivity contribution in [2.75, 3.05) is 6.61 Å². The van der Waals surface area contributed by atoms with Crippen molar-refractivity contribution in [2.24, 2.45) is 0 Å². The number of carbonyl (C=O) groups is 3. The van der Waals surface area contributed by atoms with Crippen molar-refractivity contribution >= 4 is 17.9 Å². The molecule has 7 nitrogen and oxygen atoms in total. The normalized spacial score (nSPS) is 10.1. The molecule has 126 valence electrons. The lowest BCUT2D eigenvalue weighted by Gasteiger charge is -2.07. The molecule has 2 N–H and O–H groups in total. The molecule has 1 aromatic heterocycles. The van der Waals surface area contributed by atoms with Crippen LogP contribution in [-0.2, 0) is 16.1 Å². The Balaban J connectivity index is 1.74. The largest absolute Gasteiger partial charge is 0.467 e. The monoisotopic (exact) mass is 334 g/mol. The Kier molecular flexibility index (Phi) is 5.67. The highest BCUT2D eigenvalue weighted by molar-refractivity contribution is 5.97. The summed E-state index contributed by atoms with van der Waals surface area (Å²) in [5.74, 6) is -1.70. The summed E-state index contributed by atoms with van der Waals surface area (Å²) in [6, 6.07) is 6.39. The first-order valence-corrected chi connectivity index (χ1v) is 6.99. The molecule has 0 fully saturated rings. The van der Waals surface area contributed by atoms with E-state index < -0.39 is 30.3 Å². The number of nitrogens with one attached hydrogen (secondary N) is 2. The predicted molar refractivity (Wildman–Crippen MR) is 80.5 cm³/mol. The molecule has 0 radical (unpaired) electrons. The molecule has 0 unspecified atom stereocenters. The average Bonchev–Trinajstić information content (AvgIpc) is 3.06. The molecule has 0 aliphatic heterocycles. The van der Waals surface area contributed by atoms with Gasteiger partial charge in [0.2, 0.25) is 0 Å². The number of urea groups is 1. The number of hydrogen-bond acceptors (Lipinski definition) is 5. The van der Waals surface area contributed by atoms with Gasteiger partial charge in [-0.15, -0.1) is 0 Å². The summed E-state index contributed by atoms with van der Waals surface area (Å²) in [7, 11) is 0. The Labute approximate surface area is 136 Å². The van der Waals surface area contributed by atoms with E-state index in [1.165, 1.54) is 18.4 Å². The van der Waals surface area contributed by atoms with Gasteiger partial charge in [-0.05, 0) is 36.8 Å². The molecule has 24 heavy (non-hydrogen) atoms. The van der Waals surface area contributed by atoms with Gasteiger partial charge in [0.15, 0.2) is 6.61 Å². The van der Waals surface area contributed by atoms with Gasteiger partial charge in [0.05, 0.1) is 18.4 Å². The maximum Gasteiger partial charge on any atom is 0.338 e. The molecular formula is C16H15FN2O5. The molecule has 3 amide bonds. The number of hydrogen-bond donors (Lipinski definition) is 2. The van der Waals surface area contributed by atoms with E-state index in [4.69, 9.17) is 9.15 Å². The standard InChI is InChI=1S/C16H15FN2O5/c1-10-4-5-11(7-13(10)17)15(21)24-9-14(20)19-16(22)18-8-12-3-2-6-23-12/h2-7H,8-9H2,1H3,(H2,18,19,20,22). The zero-order valence-electron chi connectivity index (χ0n) is 12.8. The van der Waals surface area contributed by atoms with Crippen LogP contribution in [-0.4, -0.2) is 24.5 Å². The smallest absolute Gasteiger partial charge is 0.338 e. The van der Waals surface area contributed by atoms with Gasteiger partial charge in [0.25, 0.3) is 5.91 Å². The summed E-state index contributed by atoms with van der Waals surface area (Å²) in [6.07, 6.45) is 1.45. The Morgan fingerprint density at radius 1 is 1.25 bits per heavy atom. The Morgan fingerprint density at radius 3 is 2.71 bits per heavy atom. The van der Waals surface area contributed by atoms with Crippen LogP contribution in [0.25, 0.3) is 0 Å². The second kappa shape index (κ2) is 7.91. The topological polar surface area (TPSA) is 97.6 Å². The van der Waals surface area contributed by atoms with Crippen LogP contribution in [0.3, 0.4) is 0 Å². The van der Waals surface area contributed by atoms with E-state index in [9.17, 15) is 18.8 Å². The van der Waals surface area contributed by atoms with Crippen LogP contribution >= 0.6 is 0 Å². The number of imide groups is 1. The van der Waals surface area contributed by atoms with Crippen molar-refractivity contribution < 1.29 is 27.9 Å². The number of esters is 1. The summed E-state index contributed by atoms with van der Waals surface area (Å²) in [4.78, 5) is 34.7. The Bertz CT molecular complexity index is 743. The highest BCUT2D eigenvalue weighted by Gasteiger charge is 2.13. The molecule has 2 aromatic rings. The lowest BCUT2D eigenvalue weighted by Crippen LogP contribution is -2.41. The van der Waals surface area contributed by atoms with Crippen molar-refractivity contribution in [2.45, 2.75) is 13.5 Å². The number of furan rings is 1. The fourth-order valence-electron chi connectivity index (χ4n) is 1.72. The van der Waals surface area contributed by atoms with Crippen LogP contribution in [0.1, 0.15) is 21.7 Å². The van der Waals surface area contributed by atoms with Crippen LogP contribution in [0.2, 0.25) is 0 Å². The SMILES string of the molecule is Cc1ccc(C(=O)OCC(=O)NC(=O)NCc2ccco2)cc1F. The van der Waals surface area contributed by atoms with E-state index in [2.05, 4.69) is 5.32 Å². The van der Waals surface area contributed by atoms with Gasteiger partial charge in [-0.2, -0.15) is 0 Å². The Morgan fingerprint density at radius 2 is 2.04 bits per heavy atom. The third-order valence-corrected chi connectivity index (χ3v) is 3.00. The molecule has 0 aliphatic carbocycles. The lowest BCUT2D eigenvalue weighted by atomic mass is 10.1. The van der Waals surface area contributed by atoms with Gasteiger partial charge >= 0.3 is 12.0 Å². The molecule has 2 rings (SSSR count). The molecule has 0 bridgehead atoms. The van der Waals surface area contributed by atoms with Gasteiger partial charge in [-0.1, -0.05) is 6.07 Å². The fraction of sp³-hybridized carbons (Fsp3) is 0.188. The van der Waals surface area contributed by atoms with E-state index >= 15 is 0 Å². The minimum absolute atomic E-state index is 0.0202. The summed E-state index contributed by atoms with van der Waals surface area (Å²) < 4.78 is 23.1. The molecule has 0 atom stereocenters. The number of benzene rings is 1. The van der Waals surface area contributed by atoms with Gasteiger partial charge in [-0.25, -0.2) is 14.0 Å². The summed E-state index contributed by atoms with van der Waals surface area (Å²) >= 11 is 0. The zero-order chi connectivity index (χ0) is 17.5. The quantitative estimate of drug-likeness (QED) is 0.814. The minimum Gasteiger partial charge on any atom is -0.467 e. The van der Waals surface area contributed by atoms with Crippen LogP contribution in [0, 0.1) is 12.7 Å². The summed E-state index contributed by atoms with van der Waals surface area (Å²) in [5, 5.41) is 4.38. The van der Waals surface area contributed by atoms with Crippen molar-refractivity contribution in [3.05, 3.63) is 59.3 Å². The number of rotatable bonds is 5.